The molecule has 1 unspecified atom stereocenters. The van der Waals surface area contributed by atoms with Gasteiger partial charge in [0.25, 0.3) is 6.43 Å². The maximum atomic E-state index is 12.0. The predicted octanol–water partition coefficient (Wildman–Crippen LogP) is 2.41. The summed E-state index contributed by atoms with van der Waals surface area (Å²) in [6, 6.07) is -0.968. The van der Waals surface area contributed by atoms with Gasteiger partial charge in [0.1, 0.15) is 0 Å². The number of halogens is 2. The summed E-state index contributed by atoms with van der Waals surface area (Å²) < 4.78 is 23.9. The van der Waals surface area contributed by atoms with Gasteiger partial charge in [-0.2, -0.15) is 0 Å². The van der Waals surface area contributed by atoms with Crippen LogP contribution in [-0.4, -0.2) is 12.5 Å². The maximum Gasteiger partial charge on any atom is 0.253 e. The molecule has 0 aromatic carbocycles. The zero-order valence-corrected chi connectivity index (χ0v) is 7.40. The number of rotatable bonds is 4. The molecule has 0 rings (SSSR count). The van der Waals surface area contributed by atoms with E-state index in [2.05, 4.69) is 0 Å². The largest absolute Gasteiger partial charge is 0.323 e. The highest BCUT2D eigenvalue weighted by Crippen LogP contribution is 2.26. The Morgan fingerprint density at radius 1 is 1.36 bits per heavy atom. The lowest BCUT2D eigenvalue weighted by Crippen LogP contribution is -2.33. The van der Waals surface area contributed by atoms with Crippen molar-refractivity contribution in [3.8, 4) is 0 Å². The summed E-state index contributed by atoms with van der Waals surface area (Å²) in [5.41, 5.74) is 5.17. The van der Waals surface area contributed by atoms with Gasteiger partial charge in [0.05, 0.1) is 6.04 Å². The van der Waals surface area contributed by atoms with Crippen LogP contribution in [0.25, 0.3) is 0 Å². The Hall–Kier alpha value is -0.180. The third kappa shape index (κ3) is 4.30. The number of hydrogen-bond donors (Lipinski definition) is 1. The number of alkyl halides is 2. The van der Waals surface area contributed by atoms with Gasteiger partial charge < -0.3 is 5.73 Å². The van der Waals surface area contributed by atoms with E-state index >= 15 is 0 Å². The van der Waals surface area contributed by atoms with Crippen molar-refractivity contribution in [3.63, 3.8) is 0 Å². The van der Waals surface area contributed by atoms with Gasteiger partial charge in [0.15, 0.2) is 0 Å². The molecule has 0 spiro atoms. The van der Waals surface area contributed by atoms with E-state index in [0.717, 1.165) is 6.42 Å². The molecule has 0 heterocycles. The number of nitrogens with two attached hydrogens (primary N) is 1. The van der Waals surface area contributed by atoms with E-state index in [9.17, 15) is 8.78 Å². The molecule has 68 valence electrons. The van der Waals surface area contributed by atoms with Crippen LogP contribution in [0, 0.1) is 5.41 Å². The normalized spacial score (nSPS) is 15.5. The molecule has 0 aliphatic rings. The third-order valence-corrected chi connectivity index (χ3v) is 2.07. The van der Waals surface area contributed by atoms with Crippen LogP contribution in [0.1, 0.15) is 33.6 Å². The zero-order valence-electron chi connectivity index (χ0n) is 7.40. The molecule has 1 nitrogen and oxygen atoms in total. The van der Waals surface area contributed by atoms with E-state index < -0.39 is 12.5 Å². The van der Waals surface area contributed by atoms with Gasteiger partial charge in [-0.25, -0.2) is 8.78 Å². The highest BCUT2D eigenvalue weighted by Gasteiger charge is 2.24. The van der Waals surface area contributed by atoms with Gasteiger partial charge >= 0.3 is 0 Å². The molecule has 0 bridgehead atoms. The minimum atomic E-state index is -2.39. The molecule has 3 heteroatoms. The SMILES string of the molecule is CCC(C)(C)CC(N)C(F)F. The van der Waals surface area contributed by atoms with Crippen LogP contribution in [0.4, 0.5) is 8.78 Å². The summed E-state index contributed by atoms with van der Waals surface area (Å²) in [7, 11) is 0. The van der Waals surface area contributed by atoms with E-state index in [1.165, 1.54) is 0 Å². The van der Waals surface area contributed by atoms with Crippen molar-refractivity contribution in [2.75, 3.05) is 0 Å². The lowest BCUT2D eigenvalue weighted by Gasteiger charge is -2.25. The van der Waals surface area contributed by atoms with Gasteiger partial charge in [0, 0.05) is 0 Å². The van der Waals surface area contributed by atoms with E-state index in [0.29, 0.717) is 6.42 Å². The van der Waals surface area contributed by atoms with Crippen LogP contribution < -0.4 is 5.73 Å². The van der Waals surface area contributed by atoms with Crippen LogP contribution in [0.3, 0.4) is 0 Å². The standard InChI is InChI=1S/C8H17F2N/c1-4-8(2,3)5-6(11)7(9)10/h6-7H,4-5,11H2,1-3H3. The Morgan fingerprint density at radius 3 is 2.09 bits per heavy atom. The van der Waals surface area contributed by atoms with Gasteiger partial charge in [-0.05, 0) is 11.8 Å². The summed E-state index contributed by atoms with van der Waals surface area (Å²) >= 11 is 0. The molecule has 0 fully saturated rings. The molecule has 1 atom stereocenters. The van der Waals surface area contributed by atoms with E-state index in [4.69, 9.17) is 5.73 Å². The monoisotopic (exact) mass is 165 g/mol. The second-order valence-corrected chi connectivity index (χ2v) is 3.72. The average molecular weight is 165 g/mol. The highest BCUT2D eigenvalue weighted by atomic mass is 19.3. The minimum absolute atomic E-state index is 0.0597. The quantitative estimate of drug-likeness (QED) is 0.680. The Labute approximate surface area is 67.0 Å². The van der Waals surface area contributed by atoms with Crippen LogP contribution in [0.15, 0.2) is 0 Å². The van der Waals surface area contributed by atoms with Crippen molar-refractivity contribution in [2.45, 2.75) is 46.1 Å². The molecule has 0 aromatic heterocycles. The molecule has 0 aliphatic heterocycles. The molecule has 2 N–H and O–H groups in total. The smallest absolute Gasteiger partial charge is 0.253 e. The Morgan fingerprint density at radius 2 is 1.82 bits per heavy atom. The van der Waals surface area contributed by atoms with Gasteiger partial charge in [-0.3, -0.25) is 0 Å². The molecular weight excluding hydrogens is 148 g/mol. The molecule has 0 aromatic rings. The Bertz CT molecular complexity index is 113. The molecule has 0 amide bonds. The third-order valence-electron chi connectivity index (χ3n) is 2.07. The van der Waals surface area contributed by atoms with Crippen molar-refractivity contribution in [1.82, 2.24) is 0 Å². The second-order valence-electron chi connectivity index (χ2n) is 3.72. The molecular formula is C8H17F2N. The van der Waals surface area contributed by atoms with E-state index in [1.54, 1.807) is 0 Å². The van der Waals surface area contributed by atoms with Crippen LogP contribution in [0.5, 0.6) is 0 Å². The molecule has 0 radical (unpaired) electrons. The van der Waals surface area contributed by atoms with Gasteiger partial charge in [-0.15, -0.1) is 0 Å². The summed E-state index contributed by atoms with van der Waals surface area (Å²) in [6.07, 6.45) is -1.12. The van der Waals surface area contributed by atoms with Crippen LogP contribution in [-0.2, 0) is 0 Å². The fourth-order valence-corrected chi connectivity index (χ4v) is 0.871. The van der Waals surface area contributed by atoms with Crippen molar-refractivity contribution in [1.29, 1.82) is 0 Å². The second kappa shape index (κ2) is 4.00. The highest BCUT2D eigenvalue weighted by molar-refractivity contribution is 4.75. The first-order valence-corrected chi connectivity index (χ1v) is 3.93. The Kier molecular flexibility index (Phi) is 3.93. The molecule has 0 saturated heterocycles. The van der Waals surface area contributed by atoms with E-state index in [1.807, 2.05) is 20.8 Å². The van der Waals surface area contributed by atoms with Crippen molar-refractivity contribution in [3.05, 3.63) is 0 Å². The first-order valence-electron chi connectivity index (χ1n) is 3.93. The summed E-state index contributed by atoms with van der Waals surface area (Å²) in [5, 5.41) is 0. The molecule has 0 aliphatic carbocycles. The molecule has 0 saturated carbocycles. The lowest BCUT2D eigenvalue weighted by atomic mass is 9.83. The summed E-state index contributed by atoms with van der Waals surface area (Å²) in [4.78, 5) is 0. The fourth-order valence-electron chi connectivity index (χ4n) is 0.871. The van der Waals surface area contributed by atoms with E-state index in [-0.39, 0.29) is 5.41 Å². The van der Waals surface area contributed by atoms with Gasteiger partial charge in [-0.1, -0.05) is 27.2 Å². The lowest BCUT2D eigenvalue weighted by molar-refractivity contribution is 0.0911. The topological polar surface area (TPSA) is 26.0 Å². The first-order chi connectivity index (χ1) is 4.89. The average Bonchev–Trinajstić information content (AvgIpc) is 1.87. The van der Waals surface area contributed by atoms with Crippen LogP contribution in [0.2, 0.25) is 0 Å². The summed E-state index contributed by atoms with van der Waals surface area (Å²) in [6.45, 7) is 5.89. The minimum Gasteiger partial charge on any atom is -0.323 e. The zero-order chi connectivity index (χ0) is 9.07. The predicted molar refractivity (Wildman–Crippen MR) is 42.7 cm³/mol. The van der Waals surface area contributed by atoms with Crippen molar-refractivity contribution < 1.29 is 8.78 Å². The van der Waals surface area contributed by atoms with Gasteiger partial charge in [0.2, 0.25) is 0 Å². The number of hydrogen-bond acceptors (Lipinski definition) is 1. The maximum absolute atomic E-state index is 12.0. The summed E-state index contributed by atoms with van der Waals surface area (Å²) in [5.74, 6) is 0. The van der Waals surface area contributed by atoms with Crippen molar-refractivity contribution >= 4 is 0 Å². The van der Waals surface area contributed by atoms with Crippen molar-refractivity contribution in [2.24, 2.45) is 11.1 Å². The molecule has 11 heavy (non-hydrogen) atoms. The Balaban J connectivity index is 3.83. The first kappa shape index (κ1) is 10.8. The fraction of sp³-hybridized carbons (Fsp3) is 1.00. The van der Waals surface area contributed by atoms with Crippen LogP contribution >= 0.6 is 0 Å².